The van der Waals surface area contributed by atoms with Crippen molar-refractivity contribution in [2.45, 2.75) is 13.5 Å². The first-order chi connectivity index (χ1) is 12.8. The summed E-state index contributed by atoms with van der Waals surface area (Å²) >= 11 is 1.65. The minimum absolute atomic E-state index is 0.852. The Balaban J connectivity index is 1.41. The summed E-state index contributed by atoms with van der Waals surface area (Å²) < 4.78 is 2.05. The molecule has 0 bridgehead atoms. The van der Waals surface area contributed by atoms with Gasteiger partial charge < -0.3 is 14.4 Å². The molecular weight excluding hydrogens is 348 g/mol. The Morgan fingerprint density at radius 1 is 0.923 bits per heavy atom. The molecular formula is C17H18N8S. The van der Waals surface area contributed by atoms with Gasteiger partial charge in [-0.15, -0.1) is 11.3 Å². The molecule has 0 saturated carbocycles. The van der Waals surface area contributed by atoms with Gasteiger partial charge in [0.15, 0.2) is 17.0 Å². The van der Waals surface area contributed by atoms with Gasteiger partial charge in [0.2, 0.25) is 0 Å². The van der Waals surface area contributed by atoms with Crippen LogP contribution in [0.25, 0.3) is 21.4 Å². The Kier molecular flexibility index (Phi) is 3.66. The number of hydrogen-bond acceptors (Lipinski definition) is 8. The number of rotatable bonds is 3. The van der Waals surface area contributed by atoms with Crippen LogP contribution in [0.5, 0.6) is 0 Å². The van der Waals surface area contributed by atoms with Crippen molar-refractivity contribution >= 4 is 44.4 Å². The minimum atomic E-state index is 0.852. The number of aromatic nitrogens is 6. The third-order valence-corrected chi connectivity index (χ3v) is 5.66. The van der Waals surface area contributed by atoms with E-state index in [1.54, 1.807) is 24.0 Å². The Bertz CT molecular complexity index is 1060. The third-order valence-electron chi connectivity index (χ3n) is 4.84. The lowest BCUT2D eigenvalue weighted by Gasteiger charge is -2.36. The molecule has 4 aromatic rings. The minimum Gasteiger partial charge on any atom is -0.352 e. The summed E-state index contributed by atoms with van der Waals surface area (Å²) in [6.07, 6.45) is 5.14. The summed E-state index contributed by atoms with van der Waals surface area (Å²) in [4.78, 5) is 28.0. The van der Waals surface area contributed by atoms with Crippen LogP contribution in [0.15, 0.2) is 30.4 Å². The number of nitrogens with zero attached hydrogens (tertiary/aromatic N) is 8. The van der Waals surface area contributed by atoms with E-state index in [4.69, 9.17) is 0 Å². The smallest absolute Gasteiger partial charge is 0.165 e. The van der Waals surface area contributed by atoms with Gasteiger partial charge in [0.1, 0.15) is 23.3 Å². The van der Waals surface area contributed by atoms with Gasteiger partial charge in [-0.2, -0.15) is 0 Å². The average molecular weight is 366 g/mol. The van der Waals surface area contributed by atoms with Crippen LogP contribution in [0, 0.1) is 0 Å². The maximum absolute atomic E-state index is 4.54. The number of imidazole rings is 1. The Morgan fingerprint density at radius 3 is 2.46 bits per heavy atom. The summed E-state index contributed by atoms with van der Waals surface area (Å²) in [7, 11) is 0. The molecule has 8 nitrogen and oxygen atoms in total. The number of aryl methyl sites for hydroxylation is 1. The van der Waals surface area contributed by atoms with E-state index in [1.807, 2.05) is 10.9 Å². The number of piperazine rings is 1. The maximum atomic E-state index is 4.54. The molecule has 9 heteroatoms. The summed E-state index contributed by atoms with van der Waals surface area (Å²) in [5.74, 6) is 1.95. The molecule has 1 saturated heterocycles. The molecule has 5 rings (SSSR count). The molecule has 1 aliphatic heterocycles. The van der Waals surface area contributed by atoms with Gasteiger partial charge >= 0.3 is 0 Å². The highest BCUT2D eigenvalue weighted by atomic mass is 32.1. The van der Waals surface area contributed by atoms with Gasteiger partial charge in [-0.25, -0.2) is 24.9 Å². The topological polar surface area (TPSA) is 75.9 Å². The summed E-state index contributed by atoms with van der Waals surface area (Å²) in [5, 5.41) is 3.21. The lowest BCUT2D eigenvalue weighted by atomic mass is 10.2. The van der Waals surface area contributed by atoms with Gasteiger partial charge in [0, 0.05) is 32.7 Å². The molecule has 0 aromatic carbocycles. The van der Waals surface area contributed by atoms with Crippen LogP contribution in [0.3, 0.4) is 0 Å². The van der Waals surface area contributed by atoms with Crippen molar-refractivity contribution in [2.24, 2.45) is 0 Å². The van der Waals surface area contributed by atoms with E-state index in [1.165, 1.54) is 0 Å². The zero-order valence-corrected chi connectivity index (χ0v) is 15.2. The molecule has 1 fully saturated rings. The quantitative estimate of drug-likeness (QED) is 0.550. The second-order valence-electron chi connectivity index (χ2n) is 6.21. The monoisotopic (exact) mass is 366 g/mol. The summed E-state index contributed by atoms with van der Waals surface area (Å²) in [6, 6.07) is 2.10. The van der Waals surface area contributed by atoms with E-state index < -0.39 is 0 Å². The van der Waals surface area contributed by atoms with Crippen LogP contribution in [0.1, 0.15) is 6.92 Å². The zero-order valence-electron chi connectivity index (χ0n) is 14.4. The molecule has 26 heavy (non-hydrogen) atoms. The first kappa shape index (κ1) is 15.4. The third kappa shape index (κ3) is 2.38. The van der Waals surface area contributed by atoms with Gasteiger partial charge in [-0.05, 0) is 18.4 Å². The standard InChI is InChI=1S/C17H18N8S/c1-2-23-11-22-13-15(23)19-9-20-16(13)25-6-4-24(5-7-25)14-12-3-8-26-17(12)21-10-18-14/h3,8-11H,2,4-7H2,1H3. The van der Waals surface area contributed by atoms with Crippen LogP contribution < -0.4 is 9.80 Å². The highest BCUT2D eigenvalue weighted by Gasteiger charge is 2.23. The molecule has 0 N–H and O–H groups in total. The lowest BCUT2D eigenvalue weighted by molar-refractivity contribution is 0.644. The van der Waals surface area contributed by atoms with E-state index in [0.717, 1.165) is 65.7 Å². The molecule has 1 aliphatic rings. The highest BCUT2D eigenvalue weighted by molar-refractivity contribution is 7.16. The Labute approximate surface area is 154 Å². The fourth-order valence-corrected chi connectivity index (χ4v) is 4.22. The number of anilines is 2. The molecule has 0 spiro atoms. The second kappa shape index (κ2) is 6.17. The average Bonchev–Trinajstić information content (AvgIpc) is 3.34. The molecule has 5 heterocycles. The molecule has 0 atom stereocenters. The molecule has 0 aliphatic carbocycles. The first-order valence-corrected chi connectivity index (χ1v) is 9.57. The highest BCUT2D eigenvalue weighted by Crippen LogP contribution is 2.28. The van der Waals surface area contributed by atoms with Crippen LogP contribution in [-0.2, 0) is 6.54 Å². The lowest BCUT2D eigenvalue weighted by Crippen LogP contribution is -2.47. The summed E-state index contributed by atoms with van der Waals surface area (Å²) in [6.45, 7) is 6.48. The van der Waals surface area contributed by atoms with Crippen molar-refractivity contribution in [3.8, 4) is 0 Å². The van der Waals surface area contributed by atoms with E-state index in [9.17, 15) is 0 Å². The predicted molar refractivity (Wildman–Crippen MR) is 103 cm³/mol. The fraction of sp³-hybridized carbons (Fsp3) is 0.353. The normalized spacial score (nSPS) is 15.3. The van der Waals surface area contributed by atoms with Gasteiger partial charge in [-0.3, -0.25) is 0 Å². The van der Waals surface area contributed by atoms with Crippen LogP contribution in [0.4, 0.5) is 11.6 Å². The van der Waals surface area contributed by atoms with Crippen molar-refractivity contribution in [1.82, 2.24) is 29.5 Å². The Morgan fingerprint density at radius 2 is 1.65 bits per heavy atom. The van der Waals surface area contributed by atoms with Gasteiger partial charge in [0.05, 0.1) is 11.7 Å². The second-order valence-corrected chi connectivity index (χ2v) is 7.11. The SMILES string of the molecule is CCn1cnc2c(N3CCN(c4ncnc5sccc45)CC3)ncnc21. The molecule has 132 valence electrons. The summed E-state index contributed by atoms with van der Waals surface area (Å²) in [5.41, 5.74) is 1.78. The van der Waals surface area contributed by atoms with Gasteiger partial charge in [0.25, 0.3) is 0 Å². The molecule has 0 unspecified atom stereocenters. The zero-order chi connectivity index (χ0) is 17.5. The molecule has 0 radical (unpaired) electrons. The van der Waals surface area contributed by atoms with E-state index in [-0.39, 0.29) is 0 Å². The number of thiophene rings is 1. The van der Waals surface area contributed by atoms with Crippen LogP contribution in [0.2, 0.25) is 0 Å². The molecule has 0 amide bonds. The predicted octanol–water partition coefficient (Wildman–Crippen LogP) is 2.18. The van der Waals surface area contributed by atoms with Crippen molar-refractivity contribution in [3.63, 3.8) is 0 Å². The maximum Gasteiger partial charge on any atom is 0.165 e. The van der Waals surface area contributed by atoms with Gasteiger partial charge in [-0.1, -0.05) is 0 Å². The van der Waals surface area contributed by atoms with E-state index in [2.05, 4.69) is 53.1 Å². The van der Waals surface area contributed by atoms with E-state index in [0.29, 0.717) is 0 Å². The fourth-order valence-electron chi connectivity index (χ4n) is 3.49. The van der Waals surface area contributed by atoms with Crippen molar-refractivity contribution in [3.05, 3.63) is 30.4 Å². The van der Waals surface area contributed by atoms with Crippen LogP contribution in [-0.4, -0.2) is 55.7 Å². The number of fused-ring (bicyclic) bond motifs is 2. The van der Waals surface area contributed by atoms with Crippen LogP contribution >= 0.6 is 11.3 Å². The largest absolute Gasteiger partial charge is 0.352 e. The molecule has 4 aromatic heterocycles. The van der Waals surface area contributed by atoms with Crippen molar-refractivity contribution in [2.75, 3.05) is 36.0 Å². The van der Waals surface area contributed by atoms with Crippen molar-refractivity contribution in [1.29, 1.82) is 0 Å². The van der Waals surface area contributed by atoms with E-state index >= 15 is 0 Å². The van der Waals surface area contributed by atoms with Crippen molar-refractivity contribution < 1.29 is 0 Å². The Hall–Kier alpha value is -2.81. The first-order valence-electron chi connectivity index (χ1n) is 8.69. The number of hydrogen-bond donors (Lipinski definition) is 0.